The summed E-state index contributed by atoms with van der Waals surface area (Å²) in [4.78, 5) is 0. The zero-order valence-electron chi connectivity index (χ0n) is 9.34. The van der Waals surface area contributed by atoms with Crippen molar-refractivity contribution in [2.24, 2.45) is 5.41 Å². The first kappa shape index (κ1) is 12.9. The fraction of sp³-hybridized carbons (Fsp3) is 1.00. The quantitative estimate of drug-likeness (QED) is 0.665. The van der Waals surface area contributed by atoms with Crippen molar-refractivity contribution in [1.29, 1.82) is 0 Å². The molecule has 0 amide bonds. The number of hydrogen-bond donors (Lipinski definition) is 0. The largest absolute Gasteiger partial charge is 0.264 e. The summed E-state index contributed by atoms with van der Waals surface area (Å²) < 4.78 is 27.0. The molecule has 0 unspecified atom stereocenters. The minimum absolute atomic E-state index is 0.157. The molecule has 0 aliphatic heterocycles. The molecule has 0 saturated carbocycles. The highest BCUT2D eigenvalue weighted by atomic mass is 32.2. The lowest BCUT2D eigenvalue weighted by Crippen LogP contribution is -2.42. The molecule has 13 heavy (non-hydrogen) atoms. The fourth-order valence-electron chi connectivity index (χ4n) is 0.917. The van der Waals surface area contributed by atoms with Crippen LogP contribution in [0.3, 0.4) is 0 Å². The van der Waals surface area contributed by atoms with Crippen LogP contribution in [0.25, 0.3) is 0 Å². The van der Waals surface area contributed by atoms with Gasteiger partial charge in [-0.25, -0.2) is 0 Å². The molecular weight excluding hydrogens is 188 g/mol. The first-order valence-corrected chi connectivity index (χ1v) is 6.24. The lowest BCUT2D eigenvalue weighted by Gasteiger charge is -2.39. The van der Waals surface area contributed by atoms with Crippen LogP contribution in [0.1, 0.15) is 41.0 Å². The molecule has 0 aromatic carbocycles. The van der Waals surface area contributed by atoms with Gasteiger partial charge < -0.3 is 0 Å². The average molecular weight is 208 g/mol. The molecule has 0 spiro atoms. The second kappa shape index (κ2) is 3.58. The number of rotatable bonds is 4. The van der Waals surface area contributed by atoms with Crippen molar-refractivity contribution < 1.29 is 12.6 Å². The highest BCUT2D eigenvalue weighted by Gasteiger charge is 2.39. The van der Waals surface area contributed by atoms with E-state index in [0.29, 0.717) is 0 Å². The minimum atomic E-state index is -3.38. The third kappa shape index (κ3) is 3.65. The van der Waals surface area contributed by atoms with E-state index < -0.39 is 15.7 Å². The summed E-state index contributed by atoms with van der Waals surface area (Å²) in [6.07, 6.45) is 1.95. The van der Waals surface area contributed by atoms with Gasteiger partial charge >= 0.3 is 0 Å². The van der Waals surface area contributed by atoms with Crippen LogP contribution in [0, 0.1) is 5.41 Å². The molecule has 4 heteroatoms. The van der Waals surface area contributed by atoms with E-state index in [2.05, 4.69) is 0 Å². The Morgan fingerprint density at radius 1 is 1.15 bits per heavy atom. The van der Waals surface area contributed by atoms with E-state index in [4.69, 9.17) is 4.18 Å². The SMILES string of the molecule is CCC(C)(C)C(C)(C)OS(C)(=O)=O. The third-order valence-electron chi connectivity index (χ3n) is 2.87. The Balaban J connectivity index is 4.78. The second-order valence-corrected chi connectivity index (χ2v) is 6.11. The van der Waals surface area contributed by atoms with Crippen molar-refractivity contribution >= 4 is 10.1 Å². The molecule has 0 bridgehead atoms. The Morgan fingerprint density at radius 3 is 1.77 bits per heavy atom. The highest BCUT2D eigenvalue weighted by Crippen LogP contribution is 2.37. The first-order valence-electron chi connectivity index (χ1n) is 4.42. The van der Waals surface area contributed by atoms with Gasteiger partial charge in [-0.2, -0.15) is 8.42 Å². The summed E-state index contributed by atoms with van der Waals surface area (Å²) in [7, 11) is -3.38. The van der Waals surface area contributed by atoms with Gasteiger partial charge in [-0.15, -0.1) is 0 Å². The lowest BCUT2D eigenvalue weighted by atomic mass is 9.75. The van der Waals surface area contributed by atoms with Crippen LogP contribution in [-0.2, 0) is 14.3 Å². The zero-order valence-corrected chi connectivity index (χ0v) is 10.2. The van der Waals surface area contributed by atoms with Crippen LogP contribution in [-0.4, -0.2) is 20.3 Å². The molecule has 0 aromatic heterocycles. The fourth-order valence-corrected chi connectivity index (χ4v) is 1.90. The summed E-state index contributed by atoms with van der Waals surface area (Å²) in [5.74, 6) is 0. The maximum Gasteiger partial charge on any atom is 0.264 e. The Hall–Kier alpha value is -0.0900. The lowest BCUT2D eigenvalue weighted by molar-refractivity contribution is -0.00652. The van der Waals surface area contributed by atoms with Crippen LogP contribution in [0.15, 0.2) is 0 Å². The molecule has 0 saturated heterocycles. The van der Waals surface area contributed by atoms with Crippen molar-refractivity contribution in [1.82, 2.24) is 0 Å². The van der Waals surface area contributed by atoms with Crippen molar-refractivity contribution in [3.63, 3.8) is 0 Å². The Labute approximate surface area is 81.6 Å². The molecule has 80 valence electrons. The maximum atomic E-state index is 11.0. The third-order valence-corrected chi connectivity index (χ3v) is 3.59. The van der Waals surface area contributed by atoms with Crippen LogP contribution in [0.5, 0.6) is 0 Å². The zero-order chi connectivity index (χ0) is 10.9. The Morgan fingerprint density at radius 2 is 1.54 bits per heavy atom. The van der Waals surface area contributed by atoms with Crippen LogP contribution in [0.4, 0.5) is 0 Å². The molecule has 0 radical (unpaired) electrons. The van der Waals surface area contributed by atoms with Gasteiger partial charge in [0.25, 0.3) is 10.1 Å². The molecule has 3 nitrogen and oxygen atoms in total. The first-order chi connectivity index (χ1) is 5.52. The molecule has 0 atom stereocenters. The van der Waals surface area contributed by atoms with E-state index in [1.807, 2.05) is 20.8 Å². The van der Waals surface area contributed by atoms with Gasteiger partial charge in [0.15, 0.2) is 0 Å². The molecule has 0 aliphatic carbocycles. The predicted molar refractivity (Wildman–Crippen MR) is 54.1 cm³/mol. The molecular formula is C9H20O3S. The van der Waals surface area contributed by atoms with Gasteiger partial charge in [0.2, 0.25) is 0 Å². The summed E-state index contributed by atoms with van der Waals surface area (Å²) >= 11 is 0. The smallest absolute Gasteiger partial charge is 0.264 e. The summed E-state index contributed by atoms with van der Waals surface area (Å²) in [6.45, 7) is 9.62. The highest BCUT2D eigenvalue weighted by molar-refractivity contribution is 7.86. The van der Waals surface area contributed by atoms with Gasteiger partial charge in [0.05, 0.1) is 11.9 Å². The van der Waals surface area contributed by atoms with Gasteiger partial charge in [-0.1, -0.05) is 20.8 Å². The van der Waals surface area contributed by atoms with E-state index in [9.17, 15) is 8.42 Å². The molecule has 0 aromatic rings. The van der Waals surface area contributed by atoms with E-state index in [1.165, 1.54) is 0 Å². The van der Waals surface area contributed by atoms with Gasteiger partial charge in [-0.3, -0.25) is 4.18 Å². The second-order valence-electron chi connectivity index (χ2n) is 4.54. The van der Waals surface area contributed by atoms with Gasteiger partial charge in [0.1, 0.15) is 0 Å². The molecule has 0 N–H and O–H groups in total. The van der Waals surface area contributed by atoms with Gasteiger partial charge in [-0.05, 0) is 25.7 Å². The normalized spacial score (nSPS) is 14.6. The number of hydrogen-bond acceptors (Lipinski definition) is 3. The monoisotopic (exact) mass is 208 g/mol. The molecule has 0 heterocycles. The van der Waals surface area contributed by atoms with Crippen molar-refractivity contribution in [3.05, 3.63) is 0 Å². The average Bonchev–Trinajstić information content (AvgIpc) is 1.81. The van der Waals surface area contributed by atoms with Crippen LogP contribution in [0.2, 0.25) is 0 Å². The Kier molecular flexibility index (Phi) is 3.55. The molecule has 0 aliphatic rings. The van der Waals surface area contributed by atoms with Crippen LogP contribution >= 0.6 is 0 Å². The van der Waals surface area contributed by atoms with Crippen molar-refractivity contribution in [2.45, 2.75) is 46.6 Å². The van der Waals surface area contributed by atoms with Crippen LogP contribution < -0.4 is 0 Å². The summed E-state index contributed by atoms with van der Waals surface area (Å²) in [5.41, 5.74) is -0.814. The topological polar surface area (TPSA) is 43.4 Å². The van der Waals surface area contributed by atoms with E-state index in [0.717, 1.165) is 12.7 Å². The van der Waals surface area contributed by atoms with E-state index in [-0.39, 0.29) is 5.41 Å². The maximum absolute atomic E-state index is 11.0. The summed E-state index contributed by atoms with van der Waals surface area (Å²) in [6, 6.07) is 0. The minimum Gasteiger partial charge on any atom is -0.264 e. The van der Waals surface area contributed by atoms with Crippen molar-refractivity contribution in [2.75, 3.05) is 6.26 Å². The molecule has 0 rings (SSSR count). The predicted octanol–water partition coefficient (Wildman–Crippen LogP) is 2.18. The standard InChI is InChI=1S/C9H20O3S/c1-7-8(2,3)9(4,5)12-13(6,10)11/h7H2,1-6H3. The summed E-state index contributed by atoms with van der Waals surface area (Å²) in [5, 5.41) is 0. The van der Waals surface area contributed by atoms with Crippen molar-refractivity contribution in [3.8, 4) is 0 Å². The molecule has 0 fully saturated rings. The van der Waals surface area contributed by atoms with Gasteiger partial charge in [0, 0.05) is 0 Å². The van der Waals surface area contributed by atoms with E-state index >= 15 is 0 Å². The van der Waals surface area contributed by atoms with E-state index in [1.54, 1.807) is 13.8 Å². The Bertz CT molecular complexity index is 263.